The van der Waals surface area contributed by atoms with E-state index < -0.39 is 10.8 Å². The molecule has 0 fully saturated rings. The predicted molar refractivity (Wildman–Crippen MR) is 494 cm³/mol. The Hall–Kier alpha value is -8.40. The molecule has 4 bridgehead atoms. The molecule has 18 rings (SSSR count). The lowest BCUT2D eigenvalue weighted by atomic mass is 9.59. The largest absolute Gasteiger partial charge is 0.355 e. The van der Waals surface area contributed by atoms with Crippen LogP contribution in [0.5, 0.6) is 0 Å². The van der Waals surface area contributed by atoms with Gasteiger partial charge < -0.3 is 15.1 Å². The lowest BCUT2D eigenvalue weighted by molar-refractivity contribution is 0.541. The molecular formula is C112H133N3. The minimum absolute atomic E-state index is 0.0819. The molecule has 0 spiro atoms. The summed E-state index contributed by atoms with van der Waals surface area (Å²) in [4.78, 5) is 5.60. The number of rotatable bonds is 3. The number of nitrogens with one attached hydrogen (secondary N) is 1. The molecule has 8 aliphatic rings. The van der Waals surface area contributed by atoms with Gasteiger partial charge in [0.05, 0.1) is 34.1 Å². The molecule has 0 atom stereocenters. The summed E-state index contributed by atoms with van der Waals surface area (Å²) in [5, 5.41) is 4.44. The zero-order valence-corrected chi connectivity index (χ0v) is 77.5. The van der Waals surface area contributed by atoms with Crippen LogP contribution in [0.15, 0.2) is 127 Å². The van der Waals surface area contributed by atoms with Crippen molar-refractivity contribution in [2.45, 2.75) is 337 Å². The van der Waals surface area contributed by atoms with E-state index in [1.807, 2.05) is 0 Å². The second-order valence-corrected chi connectivity index (χ2v) is 48.3. The van der Waals surface area contributed by atoms with Crippen molar-refractivity contribution in [2.24, 2.45) is 0 Å². The molecular weight excluding hydrogens is 1390 g/mol. The summed E-state index contributed by atoms with van der Waals surface area (Å²) in [5.74, 6) is 0. The molecule has 0 aromatic heterocycles. The van der Waals surface area contributed by atoms with Crippen molar-refractivity contribution in [1.82, 2.24) is 0 Å². The molecule has 0 radical (unpaired) electrons. The first-order valence-corrected chi connectivity index (χ1v) is 43.7. The molecule has 0 unspecified atom stereocenters. The number of nitrogens with zero attached hydrogens (tertiary/aromatic N) is 2. The molecule has 10 aromatic rings. The van der Waals surface area contributed by atoms with Crippen molar-refractivity contribution < 1.29 is 0 Å². The molecule has 0 saturated carbocycles. The van der Waals surface area contributed by atoms with E-state index in [1.165, 1.54) is 218 Å². The Morgan fingerprint density at radius 1 is 0.183 bits per heavy atom. The molecule has 3 heteroatoms. The van der Waals surface area contributed by atoms with Crippen LogP contribution in [0.1, 0.15) is 388 Å². The smallest absolute Gasteiger partial charge is 0.0544 e. The summed E-state index contributed by atoms with van der Waals surface area (Å²) < 4.78 is 0. The van der Waals surface area contributed by atoms with E-state index in [1.54, 1.807) is 0 Å². The third kappa shape index (κ3) is 10.3. The van der Waals surface area contributed by atoms with Gasteiger partial charge in [-0.2, -0.15) is 0 Å². The fourth-order valence-corrected chi connectivity index (χ4v) is 22.8. The van der Waals surface area contributed by atoms with Gasteiger partial charge in [-0.05, 0) is 266 Å². The van der Waals surface area contributed by atoms with E-state index in [-0.39, 0.29) is 70.4 Å². The second-order valence-electron chi connectivity index (χ2n) is 48.3. The first-order chi connectivity index (χ1) is 52.5. The molecule has 0 amide bonds. The highest BCUT2D eigenvalue weighted by Gasteiger charge is 2.57. The lowest BCUT2D eigenvalue weighted by Gasteiger charge is -2.56. The molecule has 596 valence electrons. The topological polar surface area (TPSA) is 18.5 Å². The van der Waals surface area contributed by atoms with E-state index in [9.17, 15) is 0 Å². The fraction of sp³-hybridized carbons (Fsp3) is 0.464. The Kier molecular flexibility index (Phi) is 15.2. The maximum absolute atomic E-state index is 4.44. The average molecular weight is 1520 g/mol. The van der Waals surface area contributed by atoms with Gasteiger partial charge in [0.25, 0.3) is 0 Å². The number of hydrogen-bond acceptors (Lipinski definition) is 3. The quantitative estimate of drug-likeness (QED) is 0.190. The molecule has 115 heavy (non-hydrogen) atoms. The highest BCUT2D eigenvalue weighted by molar-refractivity contribution is 6.03. The van der Waals surface area contributed by atoms with Gasteiger partial charge in [0, 0.05) is 60.1 Å². The minimum atomic E-state index is -0.456. The van der Waals surface area contributed by atoms with Crippen molar-refractivity contribution >= 4 is 45.5 Å². The number of benzene rings is 10. The van der Waals surface area contributed by atoms with Gasteiger partial charge >= 0.3 is 0 Å². The first kappa shape index (κ1) is 77.8. The summed E-state index contributed by atoms with van der Waals surface area (Å²) in [6.45, 7) is 91.6. The van der Waals surface area contributed by atoms with E-state index in [2.05, 4.69) is 399 Å². The highest BCUT2D eigenvalue weighted by atomic mass is 15.2. The monoisotopic (exact) mass is 1520 g/mol. The zero-order valence-electron chi connectivity index (χ0n) is 77.5. The average Bonchev–Trinajstić information content (AvgIpc) is 0.665. The second kappa shape index (κ2) is 22.5. The Balaban J connectivity index is 0.970. The summed E-state index contributed by atoms with van der Waals surface area (Å²) in [6, 6.07) is 55.2. The molecule has 0 saturated heterocycles. The zero-order chi connectivity index (χ0) is 83.7. The molecule has 8 heterocycles. The first-order valence-electron chi connectivity index (χ1n) is 43.7. The lowest BCUT2D eigenvalue weighted by Crippen LogP contribution is -2.44. The summed E-state index contributed by atoms with van der Waals surface area (Å²) >= 11 is 0. The van der Waals surface area contributed by atoms with Gasteiger partial charge in [0.1, 0.15) is 0 Å². The van der Waals surface area contributed by atoms with Crippen LogP contribution in [0.25, 0.3) is 33.4 Å². The van der Waals surface area contributed by atoms with Crippen molar-refractivity contribution in [3.8, 4) is 33.4 Å². The van der Waals surface area contributed by atoms with Crippen molar-refractivity contribution in [2.75, 3.05) is 15.1 Å². The van der Waals surface area contributed by atoms with Crippen LogP contribution in [0.4, 0.5) is 45.5 Å². The number of anilines is 8. The van der Waals surface area contributed by atoms with Crippen LogP contribution in [0.3, 0.4) is 0 Å². The van der Waals surface area contributed by atoms with Crippen LogP contribution < -0.4 is 15.1 Å². The van der Waals surface area contributed by atoms with Gasteiger partial charge in [-0.15, -0.1) is 0 Å². The van der Waals surface area contributed by atoms with E-state index in [0.717, 1.165) is 0 Å². The maximum atomic E-state index is 4.44. The summed E-state index contributed by atoms with van der Waals surface area (Å²) in [6.07, 6.45) is 0. The highest BCUT2D eigenvalue weighted by Crippen LogP contribution is 2.71. The standard InChI is InChI=1S/C112H133N3/c1-59-72-47-66(98(2,3)4)48-73(59)105(22,23)76-49-67(99(5,6)7)50-77-91(76)113-90-74(104(72,20)21)41-63(42-75(90)106(77,24)25)60-38-61(64-43-78-92-79(44-64)108(28,29)83-52-69(101(11,12)13)56-87-95(83)114(92)94-82(107(78,26)27)51-68(100(8,9)10)55-86(94)111(87,34)35)40-62(39-60)65-45-80-93-81(46-65)110(32,33)85-54-71(103(17,18)19)58-89-97(85)115(93)96-84(109(80,30)31)53-70(102(14,15)16)57-88(96)112(89,36)37/h38-58,113H,1-37H3. The van der Waals surface area contributed by atoms with Crippen LogP contribution in [-0.4, -0.2) is 0 Å². The van der Waals surface area contributed by atoms with Crippen LogP contribution in [0, 0.1) is 6.92 Å². The third-order valence-electron chi connectivity index (χ3n) is 31.2. The Morgan fingerprint density at radius 3 is 0.504 bits per heavy atom. The normalized spacial score (nSPS) is 19.3. The minimum Gasteiger partial charge on any atom is -0.355 e. The number of hydrogen-bond donors (Lipinski definition) is 1. The van der Waals surface area contributed by atoms with E-state index in [0.29, 0.717) is 0 Å². The van der Waals surface area contributed by atoms with Gasteiger partial charge in [-0.25, -0.2) is 0 Å². The van der Waals surface area contributed by atoms with Gasteiger partial charge in [-0.3, -0.25) is 0 Å². The fourth-order valence-electron chi connectivity index (χ4n) is 22.8. The van der Waals surface area contributed by atoms with Crippen LogP contribution in [-0.2, 0) is 81.2 Å². The predicted octanol–water partition coefficient (Wildman–Crippen LogP) is 30.9. The van der Waals surface area contributed by atoms with Gasteiger partial charge in [0.2, 0.25) is 0 Å². The molecule has 8 aliphatic heterocycles. The third-order valence-corrected chi connectivity index (χ3v) is 31.2. The van der Waals surface area contributed by atoms with Crippen molar-refractivity contribution in [1.29, 1.82) is 0 Å². The van der Waals surface area contributed by atoms with Crippen molar-refractivity contribution in [3.05, 3.63) is 266 Å². The molecule has 10 aromatic carbocycles. The summed E-state index contributed by atoms with van der Waals surface area (Å²) in [5.41, 5.74) is 49.4. The molecule has 0 aliphatic carbocycles. The van der Waals surface area contributed by atoms with Crippen LogP contribution >= 0.6 is 0 Å². The summed E-state index contributed by atoms with van der Waals surface area (Å²) in [7, 11) is 0. The van der Waals surface area contributed by atoms with Gasteiger partial charge in [0.15, 0.2) is 0 Å². The Morgan fingerprint density at radius 2 is 0.313 bits per heavy atom. The molecule has 1 N–H and O–H groups in total. The Bertz CT molecular complexity index is 5590. The SMILES string of the molecule is Cc1c2cc(C(C)(C)C)cc1C(C)(C)c1cc(C(C)(C)C)cc3c1Nc1c(cc(-c4cc(-c5cc6c7c(c5)C(C)(C)c5cc(C(C)(C)C)cc8c5N7c5c(cc(C(C)(C)C)cc5C8(C)C)C6(C)C)cc(-c5cc6c7c(c5)C(C)(C)c5cc(C(C)(C)C)cc8c5N7c5c(cc(C(C)(C)C)cc5C8(C)C)C6(C)C)c4)cc1C3(C)C)C2(C)C. The van der Waals surface area contributed by atoms with Gasteiger partial charge in [-0.1, -0.05) is 322 Å². The van der Waals surface area contributed by atoms with Crippen molar-refractivity contribution in [3.63, 3.8) is 0 Å². The molecule has 3 nitrogen and oxygen atoms in total. The van der Waals surface area contributed by atoms with E-state index in [4.69, 9.17) is 0 Å². The number of fused-ring (bicyclic) bond motifs is 2. The van der Waals surface area contributed by atoms with Crippen LogP contribution in [0.2, 0.25) is 0 Å². The maximum Gasteiger partial charge on any atom is 0.0544 e. The van der Waals surface area contributed by atoms with E-state index >= 15 is 0 Å². The Labute approximate surface area is 693 Å².